The van der Waals surface area contributed by atoms with Crippen LogP contribution in [0, 0.1) is 17.9 Å². The molecule has 144 valence electrons. The van der Waals surface area contributed by atoms with Gasteiger partial charge in [-0.15, -0.1) is 0 Å². The fourth-order valence-electron chi connectivity index (χ4n) is 2.12. The molecule has 0 heterocycles. The van der Waals surface area contributed by atoms with Gasteiger partial charge in [-0.1, -0.05) is 6.07 Å². The van der Waals surface area contributed by atoms with E-state index >= 15 is 0 Å². The van der Waals surface area contributed by atoms with Gasteiger partial charge >= 0.3 is 6.18 Å². The summed E-state index contributed by atoms with van der Waals surface area (Å²) in [5, 5.41) is 21.2. The van der Waals surface area contributed by atoms with Gasteiger partial charge in [0, 0.05) is 5.69 Å². The van der Waals surface area contributed by atoms with Gasteiger partial charge in [-0.3, -0.25) is 4.79 Å². The van der Waals surface area contributed by atoms with Gasteiger partial charge in [0.15, 0.2) is 11.3 Å². The lowest BCUT2D eigenvalue weighted by molar-refractivity contribution is -0.137. The minimum atomic E-state index is -4.76. The van der Waals surface area contributed by atoms with Crippen molar-refractivity contribution in [2.75, 3.05) is 11.9 Å². The molecule has 0 saturated carbocycles. The highest BCUT2D eigenvalue weighted by Gasteiger charge is 2.35. The van der Waals surface area contributed by atoms with Crippen molar-refractivity contribution in [1.82, 2.24) is 0 Å². The quantitative estimate of drug-likeness (QED) is 0.760. The number of carbonyl (C=O) groups excluding carboxylic acids is 1. The molecule has 0 aromatic heterocycles. The predicted octanol–water partition coefficient (Wildman–Crippen LogP) is 3.90. The third kappa shape index (κ3) is 5.00. The summed E-state index contributed by atoms with van der Waals surface area (Å²) < 4.78 is 44.3. The van der Waals surface area contributed by atoms with Gasteiger partial charge in [-0.2, -0.15) is 18.4 Å². The minimum Gasteiger partial charge on any atom is -0.490 e. The highest BCUT2D eigenvalue weighted by Crippen LogP contribution is 2.38. The number of hydrogen-bond donors (Lipinski definition) is 2. The largest absolute Gasteiger partial charge is 0.490 e. The zero-order chi connectivity index (χ0) is 20.9. The molecule has 0 saturated heterocycles. The number of ether oxygens (including phenoxy) is 1. The molecule has 1 atom stereocenters. The standard InChI is InChI=1S/C19H14F3N3O3/c1-18(27,11-28-14-6-3-12(10-23)4-7-14)17(26)25-13-5-8-16(24-2)15(9-13)19(20,21)22/h3-9,27H,11H2,1H3,(H,25,26)/t18-/m1/s1. The van der Waals surface area contributed by atoms with Gasteiger partial charge in [0.2, 0.25) is 0 Å². The van der Waals surface area contributed by atoms with Gasteiger partial charge in [-0.25, -0.2) is 4.85 Å². The van der Waals surface area contributed by atoms with Crippen LogP contribution in [-0.4, -0.2) is 23.2 Å². The molecule has 2 aromatic rings. The Balaban J connectivity index is 2.10. The molecule has 1 amide bonds. The maximum atomic E-state index is 13.0. The van der Waals surface area contributed by atoms with Crippen LogP contribution in [0.25, 0.3) is 4.85 Å². The summed E-state index contributed by atoms with van der Waals surface area (Å²) in [6.07, 6.45) is -4.76. The van der Waals surface area contributed by atoms with Crippen LogP contribution in [0.2, 0.25) is 0 Å². The Morgan fingerprint density at radius 3 is 2.46 bits per heavy atom. The molecule has 0 aliphatic heterocycles. The van der Waals surface area contributed by atoms with Gasteiger partial charge in [0.05, 0.1) is 23.8 Å². The van der Waals surface area contributed by atoms with E-state index < -0.39 is 35.5 Å². The molecule has 9 heteroatoms. The Labute approximate surface area is 158 Å². The number of nitrogens with one attached hydrogen (secondary N) is 1. The molecule has 6 nitrogen and oxygen atoms in total. The Hall–Kier alpha value is -3.56. The van der Waals surface area contributed by atoms with Crippen molar-refractivity contribution >= 4 is 17.3 Å². The van der Waals surface area contributed by atoms with Crippen LogP contribution in [0.3, 0.4) is 0 Å². The third-order valence-electron chi connectivity index (χ3n) is 3.67. The van der Waals surface area contributed by atoms with Crippen LogP contribution in [0.1, 0.15) is 18.1 Å². The monoisotopic (exact) mass is 389 g/mol. The fourth-order valence-corrected chi connectivity index (χ4v) is 2.12. The van der Waals surface area contributed by atoms with Crippen molar-refractivity contribution in [3.63, 3.8) is 0 Å². The zero-order valence-electron chi connectivity index (χ0n) is 14.5. The molecule has 2 N–H and O–H groups in total. The zero-order valence-corrected chi connectivity index (χ0v) is 14.5. The van der Waals surface area contributed by atoms with Crippen molar-refractivity contribution in [3.8, 4) is 11.8 Å². The molecule has 0 radical (unpaired) electrons. The summed E-state index contributed by atoms with van der Waals surface area (Å²) in [6.45, 7) is 7.47. The van der Waals surface area contributed by atoms with Gasteiger partial charge in [-0.05, 0) is 43.3 Å². The first-order valence-corrected chi connectivity index (χ1v) is 7.82. The second-order valence-corrected chi connectivity index (χ2v) is 5.99. The molecular formula is C19H14F3N3O3. The van der Waals surface area contributed by atoms with Crippen LogP contribution in [0.5, 0.6) is 5.75 Å². The highest BCUT2D eigenvalue weighted by molar-refractivity contribution is 5.97. The van der Waals surface area contributed by atoms with E-state index in [4.69, 9.17) is 16.6 Å². The Morgan fingerprint density at radius 2 is 1.93 bits per heavy atom. The van der Waals surface area contributed by atoms with E-state index in [1.54, 1.807) is 0 Å². The first-order chi connectivity index (χ1) is 13.1. The van der Waals surface area contributed by atoms with Crippen molar-refractivity contribution in [2.45, 2.75) is 18.7 Å². The predicted molar refractivity (Wildman–Crippen MR) is 93.6 cm³/mol. The Bertz CT molecular complexity index is 956. The Kier molecular flexibility index (Phi) is 5.92. The second kappa shape index (κ2) is 7.99. The lowest BCUT2D eigenvalue weighted by Crippen LogP contribution is -2.45. The van der Waals surface area contributed by atoms with E-state index in [1.165, 1.54) is 24.3 Å². The molecule has 2 rings (SSSR count). The summed E-state index contributed by atoms with van der Waals surface area (Å²) in [6, 6.07) is 10.6. The summed E-state index contributed by atoms with van der Waals surface area (Å²) in [5.41, 5.74) is -3.65. The number of benzene rings is 2. The van der Waals surface area contributed by atoms with Crippen LogP contribution < -0.4 is 10.1 Å². The first kappa shape index (κ1) is 20.7. The van der Waals surface area contributed by atoms with E-state index in [0.717, 1.165) is 19.1 Å². The maximum Gasteiger partial charge on any atom is 0.407 e. The molecular weight excluding hydrogens is 375 g/mol. The Morgan fingerprint density at radius 1 is 1.29 bits per heavy atom. The molecule has 0 bridgehead atoms. The lowest BCUT2D eigenvalue weighted by Gasteiger charge is -2.23. The molecule has 28 heavy (non-hydrogen) atoms. The number of halogens is 3. The normalized spacial score (nSPS) is 13.0. The average Bonchev–Trinajstić information content (AvgIpc) is 2.66. The molecule has 0 unspecified atom stereocenters. The number of aliphatic hydroxyl groups is 1. The molecule has 0 aliphatic rings. The number of amides is 1. The topological polar surface area (TPSA) is 86.7 Å². The van der Waals surface area contributed by atoms with Gasteiger partial charge in [0.25, 0.3) is 5.91 Å². The number of rotatable bonds is 5. The molecule has 2 aromatic carbocycles. The van der Waals surface area contributed by atoms with Crippen molar-refractivity contribution in [1.29, 1.82) is 5.26 Å². The van der Waals surface area contributed by atoms with Gasteiger partial charge in [0.1, 0.15) is 12.4 Å². The number of nitriles is 1. The van der Waals surface area contributed by atoms with Crippen molar-refractivity contribution in [2.24, 2.45) is 0 Å². The first-order valence-electron chi connectivity index (χ1n) is 7.82. The number of nitrogens with zero attached hydrogens (tertiary/aromatic N) is 2. The number of carbonyl (C=O) groups is 1. The minimum absolute atomic E-state index is 0.219. The fraction of sp³-hybridized carbons (Fsp3) is 0.211. The van der Waals surface area contributed by atoms with E-state index in [1.807, 2.05) is 6.07 Å². The van der Waals surface area contributed by atoms with Crippen molar-refractivity contribution in [3.05, 3.63) is 65.0 Å². The van der Waals surface area contributed by atoms with Gasteiger partial charge < -0.3 is 15.2 Å². The smallest absolute Gasteiger partial charge is 0.407 e. The molecule has 0 spiro atoms. The summed E-state index contributed by atoms with van der Waals surface area (Å²) in [5.74, 6) is -0.683. The second-order valence-electron chi connectivity index (χ2n) is 5.99. The third-order valence-corrected chi connectivity index (χ3v) is 3.67. The van der Waals surface area contributed by atoms with Crippen LogP contribution in [-0.2, 0) is 11.0 Å². The van der Waals surface area contributed by atoms with E-state index in [9.17, 15) is 23.1 Å². The van der Waals surface area contributed by atoms with E-state index in [2.05, 4.69) is 10.2 Å². The summed E-state index contributed by atoms with van der Waals surface area (Å²) in [4.78, 5) is 15.1. The van der Waals surface area contributed by atoms with Crippen molar-refractivity contribution < 1.29 is 27.8 Å². The maximum absolute atomic E-state index is 13.0. The van der Waals surface area contributed by atoms with Crippen LogP contribution >= 0.6 is 0 Å². The molecule has 0 fully saturated rings. The summed E-state index contributed by atoms with van der Waals surface area (Å²) >= 11 is 0. The average molecular weight is 389 g/mol. The van der Waals surface area contributed by atoms with E-state index in [0.29, 0.717) is 17.4 Å². The highest BCUT2D eigenvalue weighted by atomic mass is 19.4. The lowest BCUT2D eigenvalue weighted by atomic mass is 10.1. The number of hydrogen-bond acceptors (Lipinski definition) is 4. The van der Waals surface area contributed by atoms with Crippen LogP contribution in [0.4, 0.5) is 24.5 Å². The SMILES string of the molecule is [C-]#[N+]c1ccc(NC(=O)[C@](C)(O)COc2ccc(C#N)cc2)cc1C(F)(F)F. The summed E-state index contributed by atoms with van der Waals surface area (Å²) in [7, 11) is 0. The van der Waals surface area contributed by atoms with Crippen LogP contribution in [0.15, 0.2) is 42.5 Å². The number of anilines is 1. The molecule has 0 aliphatic carbocycles. The van der Waals surface area contributed by atoms with E-state index in [-0.39, 0.29) is 5.69 Å². The number of alkyl halides is 3.